The van der Waals surface area contributed by atoms with E-state index < -0.39 is 0 Å². The summed E-state index contributed by atoms with van der Waals surface area (Å²) >= 11 is 0. The lowest BCUT2D eigenvalue weighted by molar-refractivity contribution is -0.284. The topological polar surface area (TPSA) is 109 Å². The Kier molecular flexibility index (Phi) is 6.56. The van der Waals surface area contributed by atoms with Gasteiger partial charge in [-0.3, -0.25) is 10.1 Å². The lowest BCUT2D eigenvalue weighted by Crippen LogP contribution is -2.39. The number of nitrogens with one attached hydrogen (secondary N) is 2. The highest BCUT2D eigenvalue weighted by molar-refractivity contribution is 5.98. The van der Waals surface area contributed by atoms with Crippen LogP contribution in [0.15, 0.2) is 24.4 Å². The van der Waals surface area contributed by atoms with E-state index in [-0.39, 0.29) is 18.1 Å². The number of benzene rings is 1. The van der Waals surface area contributed by atoms with Crippen molar-refractivity contribution in [1.29, 1.82) is 0 Å². The van der Waals surface area contributed by atoms with Crippen molar-refractivity contribution in [2.75, 3.05) is 30.4 Å². The minimum atomic E-state index is -0.183. The zero-order valence-corrected chi connectivity index (χ0v) is 19.8. The molecule has 1 amide bonds. The number of carbonyl (C=O) groups excluding carboxylic acids is 1. The maximum Gasteiger partial charge on any atom is 0.256 e. The molecule has 5 rings (SSSR count). The number of hydrogen-bond donors (Lipinski definition) is 3. The van der Waals surface area contributed by atoms with Crippen molar-refractivity contribution in [2.24, 2.45) is 11.8 Å². The van der Waals surface area contributed by atoms with Crippen LogP contribution in [0.5, 0.6) is 5.75 Å². The van der Waals surface area contributed by atoms with E-state index in [1.807, 2.05) is 19.1 Å². The summed E-state index contributed by atoms with van der Waals surface area (Å²) in [6.07, 6.45) is 5.77. The van der Waals surface area contributed by atoms with Gasteiger partial charge in [-0.05, 0) is 68.1 Å². The Morgan fingerprint density at radius 3 is 2.65 bits per heavy atom. The number of ether oxygens (including phenoxy) is 1. The molecule has 1 saturated heterocycles. The molecular weight excluding hydrogens is 434 g/mol. The molecule has 9 heteroatoms. The van der Waals surface area contributed by atoms with Crippen LogP contribution < -0.4 is 20.3 Å². The average Bonchev–Trinajstić information content (AvgIpc) is 3.47. The third-order valence-electron chi connectivity index (χ3n) is 7.36. The molecule has 2 heterocycles. The van der Waals surface area contributed by atoms with Crippen LogP contribution in [0.25, 0.3) is 0 Å². The maximum absolute atomic E-state index is 13.2. The second-order valence-electron chi connectivity index (χ2n) is 9.80. The number of nitrogens with zero attached hydrogens (tertiary/aromatic N) is 3. The van der Waals surface area contributed by atoms with Crippen LogP contribution >= 0.6 is 0 Å². The molecule has 2 atom stereocenters. The number of piperidine rings is 1. The van der Waals surface area contributed by atoms with Crippen LogP contribution in [0.1, 0.15) is 53.6 Å². The standard InChI is InChI=1S/C25H33N5O4/c1-15-9-16(3-8-22(15)33-2)11-26-23-21(24(31)28-19-4-6-20(34-32)7-5-19)12-27-25(29-23)30-13-17-10-18(17)14-30/h3,8-9,12,17-20,32H,4-7,10-11,13-14H2,1-2H3,(H,28,31)(H,26,27,29)/t17?,18?,19-,20-. The van der Waals surface area contributed by atoms with Crippen molar-refractivity contribution < 1.29 is 19.7 Å². The summed E-state index contributed by atoms with van der Waals surface area (Å²) in [4.78, 5) is 29.2. The van der Waals surface area contributed by atoms with Crippen molar-refractivity contribution in [2.45, 2.75) is 57.7 Å². The molecule has 1 aliphatic heterocycles. The number of methoxy groups -OCH3 is 1. The zero-order chi connectivity index (χ0) is 23.7. The number of rotatable bonds is 8. The maximum atomic E-state index is 13.2. The SMILES string of the molecule is COc1ccc(CNc2nc(N3CC4CC4C3)ncc2C(=O)N[C@H]2CC[C@H](OO)CC2)cc1C. The van der Waals surface area contributed by atoms with Crippen LogP contribution in [0.3, 0.4) is 0 Å². The number of aryl methyl sites for hydroxylation is 1. The van der Waals surface area contributed by atoms with Gasteiger partial charge in [0.15, 0.2) is 0 Å². The van der Waals surface area contributed by atoms with Gasteiger partial charge in [-0.2, -0.15) is 4.98 Å². The predicted octanol–water partition coefficient (Wildman–Crippen LogP) is 3.39. The van der Waals surface area contributed by atoms with Gasteiger partial charge in [0.25, 0.3) is 5.91 Å². The molecule has 3 aliphatic rings. The van der Waals surface area contributed by atoms with Gasteiger partial charge in [0.2, 0.25) is 5.95 Å². The first-order chi connectivity index (χ1) is 16.5. The number of carbonyl (C=O) groups is 1. The summed E-state index contributed by atoms with van der Waals surface area (Å²) in [5, 5.41) is 15.4. The first-order valence-corrected chi connectivity index (χ1v) is 12.1. The van der Waals surface area contributed by atoms with E-state index in [0.717, 1.165) is 67.5 Å². The van der Waals surface area contributed by atoms with Crippen molar-refractivity contribution >= 4 is 17.7 Å². The molecule has 1 aromatic carbocycles. The molecule has 2 aliphatic carbocycles. The predicted molar refractivity (Wildman–Crippen MR) is 128 cm³/mol. The fourth-order valence-electron chi connectivity index (χ4n) is 5.20. The Morgan fingerprint density at radius 1 is 1.21 bits per heavy atom. The smallest absolute Gasteiger partial charge is 0.256 e. The van der Waals surface area contributed by atoms with E-state index in [0.29, 0.717) is 23.9 Å². The molecule has 34 heavy (non-hydrogen) atoms. The fourth-order valence-corrected chi connectivity index (χ4v) is 5.20. The highest BCUT2D eigenvalue weighted by Crippen LogP contribution is 2.45. The van der Waals surface area contributed by atoms with Crippen LogP contribution in [-0.2, 0) is 11.4 Å². The third-order valence-corrected chi connectivity index (χ3v) is 7.36. The van der Waals surface area contributed by atoms with Gasteiger partial charge in [-0.15, -0.1) is 0 Å². The van der Waals surface area contributed by atoms with Gasteiger partial charge in [0.1, 0.15) is 17.1 Å². The quantitative estimate of drug-likeness (QED) is 0.400. The third kappa shape index (κ3) is 4.95. The first kappa shape index (κ1) is 22.9. The summed E-state index contributed by atoms with van der Waals surface area (Å²) in [7, 11) is 1.67. The van der Waals surface area contributed by atoms with E-state index in [9.17, 15) is 4.79 Å². The van der Waals surface area contributed by atoms with Crippen LogP contribution in [-0.4, -0.2) is 53.5 Å². The van der Waals surface area contributed by atoms with E-state index in [2.05, 4.69) is 31.5 Å². The minimum Gasteiger partial charge on any atom is -0.496 e. The Labute approximate surface area is 199 Å². The Balaban J connectivity index is 1.32. The highest BCUT2D eigenvalue weighted by atomic mass is 17.1. The van der Waals surface area contributed by atoms with Gasteiger partial charge in [-0.1, -0.05) is 12.1 Å². The van der Waals surface area contributed by atoms with E-state index in [1.165, 1.54) is 6.42 Å². The molecule has 1 aromatic heterocycles. The summed E-state index contributed by atoms with van der Waals surface area (Å²) < 4.78 is 5.36. The van der Waals surface area contributed by atoms with Crippen molar-refractivity contribution in [3.63, 3.8) is 0 Å². The molecule has 3 fully saturated rings. The molecule has 2 saturated carbocycles. The summed E-state index contributed by atoms with van der Waals surface area (Å²) in [6, 6.07) is 6.08. The fraction of sp³-hybridized carbons (Fsp3) is 0.560. The normalized spacial score (nSPS) is 25.6. The number of fused-ring (bicyclic) bond motifs is 1. The lowest BCUT2D eigenvalue weighted by Gasteiger charge is -2.27. The summed E-state index contributed by atoms with van der Waals surface area (Å²) in [6.45, 7) is 4.53. The molecule has 0 spiro atoms. The zero-order valence-electron chi connectivity index (χ0n) is 19.8. The van der Waals surface area contributed by atoms with Gasteiger partial charge in [0, 0.05) is 31.9 Å². The Bertz CT molecular complexity index is 1030. The van der Waals surface area contributed by atoms with Gasteiger partial charge < -0.3 is 20.3 Å². The van der Waals surface area contributed by atoms with Gasteiger partial charge >= 0.3 is 0 Å². The van der Waals surface area contributed by atoms with Crippen molar-refractivity contribution in [3.05, 3.63) is 41.1 Å². The molecule has 0 bridgehead atoms. The minimum absolute atomic E-state index is 0.0429. The Morgan fingerprint density at radius 2 is 1.97 bits per heavy atom. The van der Waals surface area contributed by atoms with E-state index in [1.54, 1.807) is 13.3 Å². The van der Waals surface area contributed by atoms with Crippen LogP contribution in [0, 0.1) is 18.8 Å². The van der Waals surface area contributed by atoms with E-state index in [4.69, 9.17) is 15.0 Å². The monoisotopic (exact) mass is 467 g/mol. The Hall–Kier alpha value is -2.91. The largest absolute Gasteiger partial charge is 0.496 e. The summed E-state index contributed by atoms with van der Waals surface area (Å²) in [5.74, 6) is 3.42. The second-order valence-corrected chi connectivity index (χ2v) is 9.80. The van der Waals surface area contributed by atoms with E-state index >= 15 is 0 Å². The molecule has 2 aromatic rings. The highest BCUT2D eigenvalue weighted by Gasteiger charge is 2.46. The van der Waals surface area contributed by atoms with Crippen molar-refractivity contribution in [1.82, 2.24) is 15.3 Å². The van der Waals surface area contributed by atoms with Crippen LogP contribution in [0.4, 0.5) is 11.8 Å². The first-order valence-electron chi connectivity index (χ1n) is 12.1. The average molecular weight is 468 g/mol. The molecular formula is C25H33N5O4. The number of hydrogen-bond acceptors (Lipinski definition) is 8. The van der Waals surface area contributed by atoms with Crippen molar-refractivity contribution in [3.8, 4) is 5.75 Å². The molecule has 2 unspecified atom stereocenters. The molecule has 3 N–H and O–H groups in total. The molecule has 182 valence electrons. The van der Waals surface area contributed by atoms with Gasteiger partial charge in [0.05, 0.1) is 13.2 Å². The molecule has 0 radical (unpaired) electrons. The number of amides is 1. The van der Waals surface area contributed by atoms with Gasteiger partial charge in [-0.25, -0.2) is 9.87 Å². The second kappa shape index (κ2) is 9.76. The van der Waals surface area contributed by atoms with Crippen LogP contribution in [0.2, 0.25) is 0 Å². The summed E-state index contributed by atoms with van der Waals surface area (Å²) in [5.41, 5.74) is 2.58. The number of anilines is 2. The lowest BCUT2D eigenvalue weighted by atomic mass is 9.93. The molecule has 9 nitrogen and oxygen atoms in total. The number of aromatic nitrogens is 2.